The van der Waals surface area contributed by atoms with Gasteiger partial charge in [-0.1, -0.05) is 31.9 Å². The number of benzene rings is 1. The number of unbranched alkanes of at least 4 members (excludes halogenated alkanes) is 2. The molecular formula is C18H30O7. The summed E-state index contributed by atoms with van der Waals surface area (Å²) in [5.41, 5.74) is 0.874. The third-order valence-electron chi connectivity index (χ3n) is 3.82. The van der Waals surface area contributed by atoms with Gasteiger partial charge in [0, 0.05) is 0 Å². The zero-order chi connectivity index (χ0) is 18.7. The van der Waals surface area contributed by atoms with Crippen LogP contribution in [0.4, 0.5) is 0 Å². The highest BCUT2D eigenvalue weighted by Crippen LogP contribution is 2.14. The molecule has 0 saturated carbocycles. The highest BCUT2D eigenvalue weighted by molar-refractivity contribution is 5.26. The van der Waals surface area contributed by atoms with Crippen LogP contribution in [0.15, 0.2) is 24.3 Å². The molecule has 144 valence electrons. The molecule has 0 amide bonds. The monoisotopic (exact) mass is 358 g/mol. The Hall–Kier alpha value is -1.22. The molecule has 0 aliphatic heterocycles. The van der Waals surface area contributed by atoms with E-state index in [0.717, 1.165) is 30.6 Å². The highest BCUT2D eigenvalue weighted by Gasteiger charge is 2.29. The van der Waals surface area contributed by atoms with Crippen molar-refractivity contribution >= 4 is 0 Å². The van der Waals surface area contributed by atoms with Crippen molar-refractivity contribution in [3.63, 3.8) is 0 Å². The summed E-state index contributed by atoms with van der Waals surface area (Å²) in [5.74, 6) is 0.788. The molecule has 7 nitrogen and oxygen atoms in total. The van der Waals surface area contributed by atoms with E-state index in [0.29, 0.717) is 6.61 Å². The number of aliphatic hydroxyl groups excluding tert-OH is 5. The van der Waals surface area contributed by atoms with Gasteiger partial charge in [-0.3, -0.25) is 0 Å². The van der Waals surface area contributed by atoms with Gasteiger partial charge < -0.3 is 35.0 Å². The molecular weight excluding hydrogens is 328 g/mol. The molecule has 0 aliphatic carbocycles. The van der Waals surface area contributed by atoms with Crippen LogP contribution in [0.2, 0.25) is 0 Å². The van der Waals surface area contributed by atoms with E-state index in [4.69, 9.17) is 14.6 Å². The Morgan fingerprint density at radius 1 is 0.920 bits per heavy atom. The van der Waals surface area contributed by atoms with Crippen LogP contribution in [-0.4, -0.2) is 69.8 Å². The van der Waals surface area contributed by atoms with Crippen molar-refractivity contribution in [2.45, 2.75) is 57.2 Å². The fraction of sp³-hybridized carbons (Fsp3) is 0.667. The van der Waals surface area contributed by atoms with Crippen molar-refractivity contribution in [1.29, 1.82) is 0 Å². The van der Waals surface area contributed by atoms with Crippen LogP contribution in [0.1, 0.15) is 31.7 Å². The van der Waals surface area contributed by atoms with Gasteiger partial charge in [-0.15, -0.1) is 0 Å². The molecule has 5 N–H and O–H groups in total. The van der Waals surface area contributed by atoms with E-state index >= 15 is 0 Å². The second kappa shape index (κ2) is 12.2. The zero-order valence-electron chi connectivity index (χ0n) is 14.6. The molecule has 0 bridgehead atoms. The summed E-state index contributed by atoms with van der Waals surface area (Å²) in [7, 11) is 0. The summed E-state index contributed by atoms with van der Waals surface area (Å²) in [6.07, 6.45) is -2.83. The molecule has 1 aromatic carbocycles. The summed E-state index contributed by atoms with van der Waals surface area (Å²) in [4.78, 5) is 0. The van der Waals surface area contributed by atoms with Gasteiger partial charge in [0.25, 0.3) is 0 Å². The fourth-order valence-electron chi connectivity index (χ4n) is 2.18. The maximum Gasteiger partial charge on any atom is 0.119 e. The first-order valence-electron chi connectivity index (χ1n) is 8.62. The van der Waals surface area contributed by atoms with Crippen molar-refractivity contribution in [1.82, 2.24) is 0 Å². The van der Waals surface area contributed by atoms with Crippen molar-refractivity contribution < 1.29 is 35.0 Å². The number of rotatable bonds is 13. The Labute approximate surface area is 148 Å². The number of ether oxygens (including phenoxy) is 2. The lowest BCUT2D eigenvalue weighted by Crippen LogP contribution is -2.47. The van der Waals surface area contributed by atoms with Crippen LogP contribution in [0.3, 0.4) is 0 Å². The lowest BCUT2D eigenvalue weighted by atomic mass is 10.0. The fourth-order valence-corrected chi connectivity index (χ4v) is 2.18. The molecule has 0 saturated heterocycles. The molecule has 0 aromatic heterocycles. The van der Waals surface area contributed by atoms with Gasteiger partial charge in [-0.25, -0.2) is 0 Å². The van der Waals surface area contributed by atoms with E-state index in [1.807, 2.05) is 24.3 Å². The van der Waals surface area contributed by atoms with Crippen LogP contribution >= 0.6 is 0 Å². The third-order valence-corrected chi connectivity index (χ3v) is 3.82. The van der Waals surface area contributed by atoms with Gasteiger partial charge in [-0.05, 0) is 24.1 Å². The number of hydrogen-bond donors (Lipinski definition) is 5. The molecule has 0 spiro atoms. The van der Waals surface area contributed by atoms with Crippen LogP contribution in [0.25, 0.3) is 0 Å². The quantitative estimate of drug-likeness (QED) is 0.320. The standard InChI is InChI=1S/C18H30O7/c1-2-3-4-9-25-14-7-5-13(6-8-14)11-24-12-16(21)18(23)17(22)15(20)10-19/h5-8,15-23H,2-4,9-12H2,1H3. The predicted molar refractivity (Wildman–Crippen MR) is 92.2 cm³/mol. The molecule has 25 heavy (non-hydrogen) atoms. The average molecular weight is 358 g/mol. The van der Waals surface area contributed by atoms with Crippen LogP contribution in [0.5, 0.6) is 5.75 Å². The Balaban J connectivity index is 2.31. The van der Waals surface area contributed by atoms with Crippen LogP contribution < -0.4 is 4.74 Å². The van der Waals surface area contributed by atoms with Gasteiger partial charge >= 0.3 is 0 Å². The minimum Gasteiger partial charge on any atom is -0.494 e. The molecule has 1 rings (SSSR count). The van der Waals surface area contributed by atoms with Crippen molar-refractivity contribution in [2.75, 3.05) is 19.8 Å². The molecule has 7 heteroatoms. The van der Waals surface area contributed by atoms with E-state index in [1.165, 1.54) is 0 Å². The number of aliphatic hydroxyl groups is 5. The van der Waals surface area contributed by atoms with Crippen molar-refractivity contribution in [3.8, 4) is 5.75 Å². The summed E-state index contributed by atoms with van der Waals surface area (Å²) < 4.78 is 10.9. The van der Waals surface area contributed by atoms with Crippen LogP contribution in [0, 0.1) is 0 Å². The topological polar surface area (TPSA) is 120 Å². The zero-order valence-corrected chi connectivity index (χ0v) is 14.6. The Morgan fingerprint density at radius 2 is 1.56 bits per heavy atom. The van der Waals surface area contributed by atoms with E-state index in [9.17, 15) is 20.4 Å². The Kier molecular flexibility index (Phi) is 10.6. The Morgan fingerprint density at radius 3 is 2.16 bits per heavy atom. The van der Waals surface area contributed by atoms with Gasteiger partial charge in [0.05, 0.1) is 26.4 Å². The minimum absolute atomic E-state index is 0.217. The smallest absolute Gasteiger partial charge is 0.119 e. The van der Waals surface area contributed by atoms with Gasteiger partial charge in [0.15, 0.2) is 0 Å². The van der Waals surface area contributed by atoms with E-state index < -0.39 is 31.0 Å². The predicted octanol–water partition coefficient (Wildman–Crippen LogP) is 0.208. The molecule has 4 unspecified atom stereocenters. The maximum atomic E-state index is 9.75. The van der Waals surface area contributed by atoms with Crippen molar-refractivity contribution in [3.05, 3.63) is 29.8 Å². The second-order valence-electron chi connectivity index (χ2n) is 6.01. The van der Waals surface area contributed by atoms with E-state index in [1.54, 1.807) is 0 Å². The third kappa shape index (κ3) is 8.13. The summed E-state index contributed by atoms with van der Waals surface area (Å²) in [6, 6.07) is 7.39. The normalized spacial score (nSPS) is 16.2. The summed E-state index contributed by atoms with van der Waals surface area (Å²) >= 11 is 0. The minimum atomic E-state index is -1.65. The molecule has 0 fully saturated rings. The summed E-state index contributed by atoms with van der Waals surface area (Å²) in [6.45, 7) is 2.12. The first-order chi connectivity index (χ1) is 12.0. The van der Waals surface area contributed by atoms with Crippen LogP contribution in [-0.2, 0) is 11.3 Å². The molecule has 1 aromatic rings. The Bertz CT molecular complexity index is 451. The molecule has 0 aliphatic rings. The highest BCUT2D eigenvalue weighted by atomic mass is 16.5. The first kappa shape index (κ1) is 21.8. The maximum absolute atomic E-state index is 9.75. The largest absolute Gasteiger partial charge is 0.494 e. The molecule has 4 atom stereocenters. The van der Waals surface area contributed by atoms with Gasteiger partial charge in [0.1, 0.15) is 30.2 Å². The summed E-state index contributed by atoms with van der Waals surface area (Å²) in [5, 5.41) is 46.9. The molecule has 0 heterocycles. The van der Waals surface area contributed by atoms with E-state index in [-0.39, 0.29) is 13.2 Å². The lowest BCUT2D eigenvalue weighted by Gasteiger charge is -2.25. The average Bonchev–Trinajstić information content (AvgIpc) is 2.64. The van der Waals surface area contributed by atoms with Crippen molar-refractivity contribution in [2.24, 2.45) is 0 Å². The molecule has 0 radical (unpaired) electrons. The van der Waals surface area contributed by atoms with Gasteiger partial charge in [0.2, 0.25) is 0 Å². The van der Waals surface area contributed by atoms with Gasteiger partial charge in [-0.2, -0.15) is 0 Å². The SMILES string of the molecule is CCCCCOc1ccc(COCC(O)C(O)C(O)C(O)CO)cc1. The first-order valence-corrected chi connectivity index (χ1v) is 8.62. The number of hydrogen-bond acceptors (Lipinski definition) is 7. The lowest BCUT2D eigenvalue weighted by molar-refractivity contribution is -0.130. The second-order valence-corrected chi connectivity index (χ2v) is 6.01. The van der Waals surface area contributed by atoms with E-state index in [2.05, 4.69) is 6.92 Å².